The zero-order valence-corrected chi connectivity index (χ0v) is 27.8. The molecule has 2 aliphatic rings. The predicted octanol–water partition coefficient (Wildman–Crippen LogP) is 5.80. The van der Waals surface area contributed by atoms with Crippen LogP contribution in [0.2, 0.25) is 0 Å². The van der Waals surface area contributed by atoms with Crippen LogP contribution in [0, 0.1) is 34.5 Å². The third-order valence-corrected chi connectivity index (χ3v) is 8.29. The normalized spacial score (nSPS) is 29.9. The van der Waals surface area contributed by atoms with E-state index in [-0.39, 0.29) is 90.4 Å². The monoisotopic (exact) mass is 608 g/mol. The Labute approximate surface area is 256 Å². The SMILES string of the molecule is [CH2-]C(=O)NCC1(C)CC(CC(=O)COC(=O)NC2CC(C)(C)CC(C)(CCC(=O)CC)C2)CC(C)(C)C1.[Y]. The van der Waals surface area contributed by atoms with E-state index in [1.165, 1.54) is 0 Å². The van der Waals surface area contributed by atoms with Gasteiger partial charge in [0.15, 0.2) is 12.4 Å². The van der Waals surface area contributed by atoms with Crippen LogP contribution in [0.15, 0.2) is 0 Å². The van der Waals surface area contributed by atoms with Crippen molar-refractivity contribution in [3.05, 3.63) is 6.92 Å². The van der Waals surface area contributed by atoms with Crippen LogP contribution in [0.5, 0.6) is 0 Å². The van der Waals surface area contributed by atoms with E-state index >= 15 is 0 Å². The molecule has 4 unspecified atom stereocenters. The standard InChI is InChI=1S/C30H51N2O5.Y/c1-9-24(34)10-11-29(7)16-23(15-28(5,6)18-29)32-26(36)37-17-25(35)12-22-13-27(3,4)19-30(8,14-22)20-31-21(2)33;/h22-23H,2,9-20H2,1,3-8H3,(H,31,33)(H,32,36);/q-1;. The number of Topliss-reactive ketones (excluding diaryl/α,β-unsaturated/α-hetero) is 2. The molecule has 0 saturated heterocycles. The maximum Gasteiger partial charge on any atom is 0.407 e. The molecule has 0 spiro atoms. The molecule has 1 radical (unpaired) electrons. The van der Waals surface area contributed by atoms with Crippen LogP contribution in [-0.2, 0) is 51.8 Å². The first kappa shape index (κ1) is 35.1. The van der Waals surface area contributed by atoms with Crippen LogP contribution < -0.4 is 10.6 Å². The van der Waals surface area contributed by atoms with Gasteiger partial charge in [0.1, 0.15) is 5.78 Å². The smallest absolute Gasteiger partial charge is 0.407 e. The first-order valence-corrected chi connectivity index (χ1v) is 14.0. The first-order chi connectivity index (χ1) is 16.9. The first-order valence-electron chi connectivity index (χ1n) is 14.0. The summed E-state index contributed by atoms with van der Waals surface area (Å²) in [6, 6.07) is -0.0452. The van der Waals surface area contributed by atoms with Crippen molar-refractivity contribution in [2.45, 2.75) is 119 Å². The number of amides is 2. The summed E-state index contributed by atoms with van der Waals surface area (Å²) >= 11 is 0. The van der Waals surface area contributed by atoms with E-state index in [1.54, 1.807) is 0 Å². The van der Waals surface area contributed by atoms with Gasteiger partial charge >= 0.3 is 6.09 Å². The van der Waals surface area contributed by atoms with Gasteiger partial charge in [0.2, 0.25) is 0 Å². The van der Waals surface area contributed by atoms with Gasteiger partial charge in [0.25, 0.3) is 0 Å². The number of nitrogens with one attached hydrogen (secondary N) is 2. The Bertz CT molecular complexity index is 858. The van der Waals surface area contributed by atoms with Crippen molar-refractivity contribution < 1.29 is 56.6 Å². The zero-order chi connectivity index (χ0) is 28.1. The summed E-state index contributed by atoms with van der Waals surface area (Å²) < 4.78 is 5.36. The van der Waals surface area contributed by atoms with Crippen molar-refractivity contribution in [1.82, 2.24) is 10.6 Å². The Morgan fingerprint density at radius 1 is 0.868 bits per heavy atom. The molecule has 8 heteroatoms. The van der Waals surface area contributed by atoms with Gasteiger partial charge in [-0.25, -0.2) is 4.79 Å². The van der Waals surface area contributed by atoms with Crippen LogP contribution in [-0.4, -0.2) is 42.8 Å². The van der Waals surface area contributed by atoms with E-state index in [2.05, 4.69) is 59.1 Å². The summed E-state index contributed by atoms with van der Waals surface area (Å²) in [5.74, 6) is 0.0992. The average Bonchev–Trinajstić information content (AvgIpc) is 2.72. The maximum atomic E-state index is 12.8. The van der Waals surface area contributed by atoms with Gasteiger partial charge in [0, 0.05) is 64.6 Å². The molecule has 0 aromatic heterocycles. The average molecular weight is 609 g/mol. The number of hydrogen-bond donors (Lipinski definition) is 2. The van der Waals surface area contributed by atoms with E-state index in [9.17, 15) is 19.2 Å². The fourth-order valence-corrected chi connectivity index (χ4v) is 7.72. The number of carbonyl (C=O) groups is 4. The Morgan fingerprint density at radius 2 is 1.47 bits per heavy atom. The van der Waals surface area contributed by atoms with E-state index < -0.39 is 6.09 Å². The molecule has 2 rings (SSSR count). The van der Waals surface area contributed by atoms with Crippen molar-refractivity contribution in [2.24, 2.45) is 27.6 Å². The zero-order valence-electron chi connectivity index (χ0n) is 25.0. The molecule has 4 atom stereocenters. The summed E-state index contributed by atoms with van der Waals surface area (Å²) in [7, 11) is 0. The molecule has 38 heavy (non-hydrogen) atoms. The number of rotatable bonds is 11. The largest absolute Gasteiger partial charge is 0.442 e. The molecule has 2 amide bonds. The van der Waals surface area contributed by atoms with Gasteiger partial charge in [-0.1, -0.05) is 48.5 Å². The van der Waals surface area contributed by atoms with E-state index in [0.29, 0.717) is 25.8 Å². The number of hydrogen-bond acceptors (Lipinski definition) is 5. The molecule has 7 nitrogen and oxygen atoms in total. The Morgan fingerprint density at radius 3 is 2.08 bits per heavy atom. The molecule has 2 aliphatic carbocycles. The molecular weight excluding hydrogens is 557 g/mol. The fourth-order valence-electron chi connectivity index (χ4n) is 7.72. The fraction of sp³-hybridized carbons (Fsp3) is 0.833. The van der Waals surface area contributed by atoms with Crippen molar-refractivity contribution in [2.75, 3.05) is 13.2 Å². The minimum absolute atomic E-state index is 0. The van der Waals surface area contributed by atoms with Crippen molar-refractivity contribution in [3.63, 3.8) is 0 Å². The van der Waals surface area contributed by atoms with Gasteiger partial charge in [-0.05, 0) is 72.5 Å². The topological polar surface area (TPSA) is 102 Å². The Kier molecular flexibility index (Phi) is 13.0. The van der Waals surface area contributed by atoms with Crippen LogP contribution in [0.4, 0.5) is 4.79 Å². The maximum absolute atomic E-state index is 12.8. The van der Waals surface area contributed by atoms with Crippen LogP contribution in [0.3, 0.4) is 0 Å². The van der Waals surface area contributed by atoms with E-state index in [1.807, 2.05) is 6.92 Å². The molecule has 0 bridgehead atoms. The van der Waals surface area contributed by atoms with E-state index in [4.69, 9.17) is 4.74 Å². The van der Waals surface area contributed by atoms with Crippen LogP contribution in [0.25, 0.3) is 0 Å². The summed E-state index contributed by atoms with van der Waals surface area (Å²) in [6.45, 7) is 18.8. The quantitative estimate of drug-likeness (QED) is 0.289. The third kappa shape index (κ3) is 12.1. The van der Waals surface area contributed by atoms with E-state index in [0.717, 1.165) is 44.9 Å². The number of ketones is 2. The minimum atomic E-state index is -0.546. The minimum Gasteiger partial charge on any atom is -0.442 e. The Balaban J connectivity index is 0.00000722. The molecule has 2 saturated carbocycles. The van der Waals surface area contributed by atoms with Gasteiger partial charge in [-0.2, -0.15) is 0 Å². The molecule has 0 aromatic carbocycles. The van der Waals surface area contributed by atoms with Gasteiger partial charge < -0.3 is 27.1 Å². The van der Waals surface area contributed by atoms with Crippen molar-refractivity contribution in [1.29, 1.82) is 0 Å². The van der Waals surface area contributed by atoms with Crippen LogP contribution in [0.1, 0.15) is 113 Å². The summed E-state index contributed by atoms with van der Waals surface area (Å²) in [5, 5.41) is 5.84. The number of alkyl carbamates (subject to hydrolysis) is 1. The van der Waals surface area contributed by atoms with Crippen molar-refractivity contribution in [3.8, 4) is 0 Å². The molecule has 2 fully saturated rings. The summed E-state index contributed by atoms with van der Waals surface area (Å²) in [5.41, 5.74) is -0.0113. The second-order valence-electron chi connectivity index (χ2n) is 14.3. The number of carbonyl (C=O) groups excluding carboxylic acids is 4. The van der Waals surface area contributed by atoms with Gasteiger partial charge in [-0.3, -0.25) is 9.59 Å². The molecule has 0 heterocycles. The number of ether oxygens (including phenoxy) is 1. The molecule has 215 valence electrons. The van der Waals surface area contributed by atoms with Crippen LogP contribution >= 0.6 is 0 Å². The molecule has 2 N–H and O–H groups in total. The van der Waals surface area contributed by atoms with Crippen molar-refractivity contribution >= 4 is 23.6 Å². The predicted molar refractivity (Wildman–Crippen MR) is 146 cm³/mol. The Hall–Kier alpha value is -0.946. The summed E-state index contributed by atoms with van der Waals surface area (Å²) in [6.07, 6.45) is 7.16. The molecule has 0 aliphatic heterocycles. The molecule has 0 aromatic rings. The van der Waals surface area contributed by atoms with Gasteiger partial charge in [0.05, 0.1) is 5.91 Å². The second kappa shape index (κ2) is 14.1. The second-order valence-corrected chi connectivity index (χ2v) is 14.3. The van der Waals surface area contributed by atoms with Gasteiger partial charge in [-0.15, -0.1) is 0 Å². The third-order valence-electron chi connectivity index (χ3n) is 8.29. The molecular formula is C30H51N2O5Y-. The summed E-state index contributed by atoms with van der Waals surface area (Å²) in [4.78, 5) is 48.6.